The van der Waals surface area contributed by atoms with E-state index in [-0.39, 0.29) is 11.5 Å². The van der Waals surface area contributed by atoms with Gasteiger partial charge < -0.3 is 5.11 Å². The van der Waals surface area contributed by atoms with Crippen molar-refractivity contribution in [3.8, 4) is 5.75 Å². The molecule has 0 amide bonds. The second-order valence-electron chi connectivity index (χ2n) is 4.38. The Morgan fingerprint density at radius 1 is 1.00 bits per heavy atom. The van der Waals surface area contributed by atoms with E-state index in [1.165, 1.54) is 17.4 Å². The number of thiophene rings is 1. The summed E-state index contributed by atoms with van der Waals surface area (Å²) < 4.78 is 0.918. The maximum Gasteiger partial charge on any atom is 0.199 e. The fourth-order valence-corrected chi connectivity index (χ4v) is 3.03. The van der Waals surface area contributed by atoms with Crippen LogP contribution in [0.3, 0.4) is 0 Å². The van der Waals surface area contributed by atoms with E-state index in [1.54, 1.807) is 6.08 Å². The number of allylic oxidation sites excluding steroid dienone is 1. The molecular weight excluding hydrogens is 268 g/mol. The maximum atomic E-state index is 12.2. The lowest BCUT2D eigenvalue weighted by molar-refractivity contribution is 0.104. The minimum absolute atomic E-state index is 0.0771. The topological polar surface area (TPSA) is 37.3 Å². The number of rotatable bonds is 3. The summed E-state index contributed by atoms with van der Waals surface area (Å²) in [5.41, 5.74) is 0.960. The molecule has 0 unspecified atom stereocenters. The van der Waals surface area contributed by atoms with E-state index in [2.05, 4.69) is 0 Å². The second-order valence-corrected chi connectivity index (χ2v) is 5.44. The summed E-state index contributed by atoms with van der Waals surface area (Å²) in [4.78, 5) is 12.6. The third-order valence-electron chi connectivity index (χ3n) is 3.02. The molecule has 98 valence electrons. The highest BCUT2D eigenvalue weighted by Crippen LogP contribution is 2.37. The van der Waals surface area contributed by atoms with Gasteiger partial charge in [0, 0.05) is 10.1 Å². The van der Waals surface area contributed by atoms with Gasteiger partial charge in [-0.2, -0.15) is 0 Å². The number of carbonyl (C=O) groups excluding carboxylic acids is 1. The van der Waals surface area contributed by atoms with Crippen LogP contribution in [0.4, 0.5) is 0 Å². The molecule has 20 heavy (non-hydrogen) atoms. The summed E-state index contributed by atoms with van der Waals surface area (Å²) in [5, 5.41) is 10.8. The van der Waals surface area contributed by atoms with Gasteiger partial charge in [-0.05, 0) is 23.8 Å². The van der Waals surface area contributed by atoms with Crippen molar-refractivity contribution in [2.45, 2.75) is 0 Å². The Hall–Kier alpha value is -2.39. The fourth-order valence-electron chi connectivity index (χ4n) is 2.01. The minimum atomic E-state index is -0.174. The van der Waals surface area contributed by atoms with Crippen molar-refractivity contribution in [1.82, 2.24) is 0 Å². The van der Waals surface area contributed by atoms with Crippen LogP contribution in [-0.4, -0.2) is 10.9 Å². The number of carbonyl (C=O) groups is 1. The van der Waals surface area contributed by atoms with E-state index in [0.717, 1.165) is 15.6 Å². The molecule has 2 nitrogen and oxygen atoms in total. The fraction of sp³-hybridized carbons (Fsp3) is 0. The van der Waals surface area contributed by atoms with Crippen LogP contribution in [0.2, 0.25) is 0 Å². The number of ketones is 1. The summed E-state index contributed by atoms with van der Waals surface area (Å²) >= 11 is 1.32. The third-order valence-corrected chi connectivity index (χ3v) is 4.19. The maximum absolute atomic E-state index is 12.2. The molecule has 0 aliphatic rings. The molecule has 0 radical (unpaired) electrons. The molecule has 1 heterocycles. The molecule has 0 bridgehead atoms. The molecule has 0 aliphatic carbocycles. The predicted molar refractivity (Wildman–Crippen MR) is 83.3 cm³/mol. The van der Waals surface area contributed by atoms with Crippen LogP contribution >= 0.6 is 11.3 Å². The van der Waals surface area contributed by atoms with Crippen LogP contribution in [0.15, 0.2) is 60.7 Å². The Balaban J connectivity index is 1.93. The van der Waals surface area contributed by atoms with Gasteiger partial charge in [0.25, 0.3) is 0 Å². The van der Waals surface area contributed by atoms with Gasteiger partial charge in [0.15, 0.2) is 5.78 Å². The summed E-state index contributed by atoms with van der Waals surface area (Å²) in [6.45, 7) is 0. The highest BCUT2D eigenvalue weighted by molar-refractivity contribution is 7.21. The third kappa shape index (κ3) is 2.36. The Morgan fingerprint density at radius 3 is 2.45 bits per heavy atom. The normalized spacial score (nSPS) is 11.2. The Morgan fingerprint density at radius 2 is 1.70 bits per heavy atom. The lowest BCUT2D eigenvalue weighted by Gasteiger charge is -1.93. The van der Waals surface area contributed by atoms with E-state index in [9.17, 15) is 9.90 Å². The minimum Gasteiger partial charge on any atom is -0.506 e. The van der Waals surface area contributed by atoms with Gasteiger partial charge in [0.05, 0.1) is 0 Å². The van der Waals surface area contributed by atoms with E-state index in [4.69, 9.17) is 0 Å². The van der Waals surface area contributed by atoms with E-state index < -0.39 is 0 Å². The summed E-state index contributed by atoms with van der Waals surface area (Å²) in [6, 6.07) is 17.1. The second kappa shape index (κ2) is 5.31. The quantitative estimate of drug-likeness (QED) is 0.566. The molecule has 0 fully saturated rings. The Labute approximate surface area is 120 Å². The first-order chi connectivity index (χ1) is 9.75. The zero-order valence-corrected chi connectivity index (χ0v) is 11.4. The average molecular weight is 280 g/mol. The molecule has 1 N–H and O–H groups in total. The van der Waals surface area contributed by atoms with E-state index in [0.29, 0.717) is 4.88 Å². The van der Waals surface area contributed by atoms with Crippen LogP contribution in [0, 0.1) is 0 Å². The first-order valence-corrected chi connectivity index (χ1v) is 7.05. The van der Waals surface area contributed by atoms with Crippen molar-refractivity contribution < 1.29 is 9.90 Å². The zero-order valence-electron chi connectivity index (χ0n) is 10.6. The smallest absolute Gasteiger partial charge is 0.199 e. The molecule has 3 rings (SSSR count). The monoisotopic (exact) mass is 280 g/mol. The van der Waals surface area contributed by atoms with Crippen molar-refractivity contribution >= 4 is 33.3 Å². The standard InChI is InChI=1S/C17H12O2S/c18-14(11-10-12-6-2-1-3-7-12)17-16(19)13-8-4-5-9-15(13)20-17/h1-11,19H/b11-10+. The van der Waals surface area contributed by atoms with Crippen LogP contribution in [0.25, 0.3) is 16.2 Å². The van der Waals surface area contributed by atoms with Crippen LogP contribution in [0.5, 0.6) is 5.75 Å². The number of fused-ring (bicyclic) bond motifs is 1. The molecule has 0 atom stereocenters. The van der Waals surface area contributed by atoms with Gasteiger partial charge in [-0.15, -0.1) is 11.3 Å². The van der Waals surface area contributed by atoms with Crippen molar-refractivity contribution in [3.05, 3.63) is 71.1 Å². The lowest BCUT2D eigenvalue weighted by atomic mass is 10.1. The SMILES string of the molecule is O=C(/C=C/c1ccccc1)c1sc2ccccc2c1O. The van der Waals surface area contributed by atoms with Gasteiger partial charge in [-0.1, -0.05) is 48.5 Å². The van der Waals surface area contributed by atoms with Crippen molar-refractivity contribution in [2.75, 3.05) is 0 Å². The number of benzene rings is 2. The van der Waals surface area contributed by atoms with Crippen molar-refractivity contribution in [3.63, 3.8) is 0 Å². The number of hydrogen-bond acceptors (Lipinski definition) is 3. The van der Waals surface area contributed by atoms with Crippen molar-refractivity contribution in [2.24, 2.45) is 0 Å². The van der Waals surface area contributed by atoms with Gasteiger partial charge in [-0.25, -0.2) is 0 Å². The molecule has 0 spiro atoms. The molecule has 2 aromatic carbocycles. The van der Waals surface area contributed by atoms with Crippen LogP contribution in [0.1, 0.15) is 15.2 Å². The molecule has 0 saturated carbocycles. The summed E-state index contributed by atoms with van der Waals surface area (Å²) in [6.07, 6.45) is 3.26. The van der Waals surface area contributed by atoms with Gasteiger partial charge in [0.1, 0.15) is 10.6 Å². The molecule has 1 aromatic heterocycles. The van der Waals surface area contributed by atoms with Crippen molar-refractivity contribution in [1.29, 1.82) is 0 Å². The van der Waals surface area contributed by atoms with Crippen LogP contribution < -0.4 is 0 Å². The largest absolute Gasteiger partial charge is 0.506 e. The lowest BCUT2D eigenvalue weighted by Crippen LogP contribution is -1.89. The number of hydrogen-bond donors (Lipinski definition) is 1. The zero-order chi connectivity index (χ0) is 13.9. The van der Waals surface area contributed by atoms with E-state index in [1.807, 2.05) is 54.6 Å². The predicted octanol–water partition coefficient (Wildman–Crippen LogP) is 4.50. The molecular formula is C17H12O2S. The summed E-state index contributed by atoms with van der Waals surface area (Å²) in [5.74, 6) is -0.0964. The van der Waals surface area contributed by atoms with Gasteiger partial charge >= 0.3 is 0 Å². The molecule has 0 aliphatic heterocycles. The van der Waals surface area contributed by atoms with Gasteiger partial charge in [0.2, 0.25) is 0 Å². The van der Waals surface area contributed by atoms with E-state index >= 15 is 0 Å². The Bertz CT molecular complexity index is 785. The summed E-state index contributed by atoms with van der Waals surface area (Å²) in [7, 11) is 0. The highest BCUT2D eigenvalue weighted by atomic mass is 32.1. The molecule has 3 heteroatoms. The molecule has 3 aromatic rings. The first kappa shape index (κ1) is 12.6. The highest BCUT2D eigenvalue weighted by Gasteiger charge is 2.15. The average Bonchev–Trinajstić information content (AvgIpc) is 2.84. The van der Waals surface area contributed by atoms with Gasteiger partial charge in [-0.3, -0.25) is 4.79 Å². The van der Waals surface area contributed by atoms with Crippen LogP contribution in [-0.2, 0) is 0 Å². The Kier molecular flexibility index (Phi) is 3.35. The molecule has 0 saturated heterocycles. The number of aromatic hydroxyl groups is 1. The first-order valence-electron chi connectivity index (χ1n) is 6.23.